The average Bonchev–Trinajstić information content (AvgIpc) is 3.16. The highest BCUT2D eigenvalue weighted by Crippen LogP contribution is 2.37. The van der Waals surface area contributed by atoms with Crippen LogP contribution in [0.3, 0.4) is 0 Å². The quantitative estimate of drug-likeness (QED) is 0.651. The second kappa shape index (κ2) is 7.87. The molecule has 10 heteroatoms. The summed E-state index contributed by atoms with van der Waals surface area (Å²) in [6.45, 7) is 0. The van der Waals surface area contributed by atoms with Crippen LogP contribution in [-0.4, -0.2) is 47.4 Å². The Balaban J connectivity index is 2.06. The van der Waals surface area contributed by atoms with Crippen molar-refractivity contribution in [2.45, 2.75) is 0 Å². The van der Waals surface area contributed by atoms with Gasteiger partial charge in [0.25, 0.3) is 5.19 Å². The first-order valence-corrected chi connectivity index (χ1v) is 8.38. The van der Waals surface area contributed by atoms with Gasteiger partial charge in [-0.2, -0.15) is 9.97 Å². The van der Waals surface area contributed by atoms with Crippen LogP contribution >= 0.6 is 11.3 Å². The molecule has 2 heterocycles. The van der Waals surface area contributed by atoms with E-state index in [4.69, 9.17) is 18.9 Å². The van der Waals surface area contributed by atoms with Crippen molar-refractivity contribution in [1.29, 1.82) is 0 Å². The summed E-state index contributed by atoms with van der Waals surface area (Å²) in [6, 6.07) is 6.22. The zero-order chi connectivity index (χ0) is 19.4. The predicted octanol–water partition coefficient (Wildman–Crippen LogP) is 3.12. The second-order valence-corrected chi connectivity index (χ2v) is 6.01. The van der Waals surface area contributed by atoms with Gasteiger partial charge in [-0.3, -0.25) is 0 Å². The van der Waals surface area contributed by atoms with E-state index in [-0.39, 0.29) is 29.1 Å². The van der Waals surface area contributed by atoms with E-state index in [2.05, 4.69) is 15.0 Å². The first-order valence-electron chi connectivity index (χ1n) is 7.57. The minimum atomic E-state index is -1.16. The van der Waals surface area contributed by atoms with Crippen molar-refractivity contribution in [3.63, 3.8) is 0 Å². The van der Waals surface area contributed by atoms with Gasteiger partial charge in [-0.05, 0) is 6.07 Å². The number of benzene rings is 1. The lowest BCUT2D eigenvalue weighted by atomic mass is 10.1. The summed E-state index contributed by atoms with van der Waals surface area (Å²) in [4.78, 5) is 24.7. The Morgan fingerprint density at radius 3 is 2.33 bits per heavy atom. The third-order valence-corrected chi connectivity index (χ3v) is 4.43. The fourth-order valence-electron chi connectivity index (χ4n) is 2.26. The molecule has 0 bridgehead atoms. The summed E-state index contributed by atoms with van der Waals surface area (Å²) in [5, 5.41) is 10.2. The number of rotatable bonds is 7. The van der Waals surface area contributed by atoms with E-state index in [9.17, 15) is 9.90 Å². The number of aromatic nitrogens is 3. The van der Waals surface area contributed by atoms with Crippen molar-refractivity contribution in [2.75, 3.05) is 21.3 Å². The van der Waals surface area contributed by atoms with Crippen LogP contribution in [0, 0.1) is 0 Å². The average molecular weight is 389 g/mol. The summed E-state index contributed by atoms with van der Waals surface area (Å²) >= 11 is 1.22. The molecule has 1 N–H and O–H groups in total. The monoisotopic (exact) mass is 389 g/mol. The van der Waals surface area contributed by atoms with Crippen molar-refractivity contribution in [2.24, 2.45) is 0 Å². The van der Waals surface area contributed by atoms with Crippen molar-refractivity contribution in [1.82, 2.24) is 15.0 Å². The van der Waals surface area contributed by atoms with Gasteiger partial charge < -0.3 is 24.1 Å². The Kier molecular flexibility index (Phi) is 5.36. The third kappa shape index (κ3) is 3.90. The first-order chi connectivity index (χ1) is 13.0. The second-order valence-electron chi connectivity index (χ2n) is 5.02. The van der Waals surface area contributed by atoms with Crippen LogP contribution in [0.2, 0.25) is 0 Å². The summed E-state index contributed by atoms with van der Waals surface area (Å²) in [6.07, 6.45) is 1.54. The van der Waals surface area contributed by atoms with E-state index < -0.39 is 5.97 Å². The molecule has 0 spiro atoms. The molecule has 0 aliphatic heterocycles. The number of aromatic carboxylic acids is 1. The number of thiazole rings is 1. The van der Waals surface area contributed by atoms with Crippen LogP contribution in [0.4, 0.5) is 0 Å². The van der Waals surface area contributed by atoms with Gasteiger partial charge in [-0.15, -0.1) is 0 Å². The molecule has 9 nitrogen and oxygen atoms in total. The van der Waals surface area contributed by atoms with Crippen molar-refractivity contribution < 1.29 is 28.8 Å². The molecule has 0 aliphatic carbocycles. The molecule has 0 fully saturated rings. The van der Waals surface area contributed by atoms with Gasteiger partial charge in [-0.1, -0.05) is 23.5 Å². The Hall–Kier alpha value is -3.40. The minimum absolute atomic E-state index is 0.0470. The SMILES string of the molecule is COc1cc(OC)nc(Oc2cccc(-c3cnc(OC)s3)c2C(=O)O)n1. The number of carbonyl (C=O) groups is 1. The molecule has 0 saturated heterocycles. The molecular weight excluding hydrogens is 374 g/mol. The number of ether oxygens (including phenoxy) is 4. The van der Waals surface area contributed by atoms with E-state index in [1.165, 1.54) is 44.8 Å². The molecule has 0 unspecified atom stereocenters. The Morgan fingerprint density at radius 2 is 1.78 bits per heavy atom. The standard InChI is InChI=1S/C17H15N3O6S/c1-23-12-7-13(24-2)20-16(19-12)26-10-6-4-5-9(14(10)15(21)22)11-8-18-17(25-3)27-11/h4-8H,1-3H3,(H,21,22). The van der Waals surface area contributed by atoms with Crippen LogP contribution < -0.4 is 18.9 Å². The lowest BCUT2D eigenvalue weighted by Crippen LogP contribution is -2.04. The maximum Gasteiger partial charge on any atom is 0.340 e. The molecular formula is C17H15N3O6S. The van der Waals surface area contributed by atoms with Crippen LogP contribution in [0.15, 0.2) is 30.5 Å². The van der Waals surface area contributed by atoms with Crippen molar-refractivity contribution in [3.8, 4) is 39.2 Å². The lowest BCUT2D eigenvalue weighted by Gasteiger charge is -2.11. The van der Waals surface area contributed by atoms with Crippen LogP contribution in [0.25, 0.3) is 10.4 Å². The van der Waals surface area contributed by atoms with Crippen LogP contribution in [0.5, 0.6) is 28.7 Å². The Bertz CT molecular complexity index is 953. The zero-order valence-corrected chi connectivity index (χ0v) is 15.4. The normalized spacial score (nSPS) is 10.3. The van der Waals surface area contributed by atoms with Gasteiger partial charge in [-0.25, -0.2) is 9.78 Å². The summed E-state index contributed by atoms with van der Waals surface area (Å²) < 4.78 is 20.9. The van der Waals surface area contributed by atoms with E-state index >= 15 is 0 Å². The van der Waals surface area contributed by atoms with Gasteiger partial charge >= 0.3 is 12.0 Å². The maximum atomic E-state index is 11.9. The molecule has 0 amide bonds. The van der Waals surface area contributed by atoms with Crippen molar-refractivity contribution >= 4 is 17.3 Å². The fraction of sp³-hybridized carbons (Fsp3) is 0.176. The maximum absolute atomic E-state index is 11.9. The molecule has 3 rings (SSSR count). The van der Waals surface area contributed by atoms with Crippen molar-refractivity contribution in [3.05, 3.63) is 36.0 Å². The summed E-state index contributed by atoms with van der Waals surface area (Å²) in [7, 11) is 4.37. The number of nitrogens with zero attached hydrogens (tertiary/aromatic N) is 3. The molecule has 1 aromatic carbocycles. The molecule has 140 valence electrons. The van der Waals surface area contributed by atoms with Crippen LogP contribution in [0.1, 0.15) is 10.4 Å². The molecule has 0 aliphatic rings. The molecule has 0 radical (unpaired) electrons. The highest BCUT2D eigenvalue weighted by molar-refractivity contribution is 7.16. The smallest absolute Gasteiger partial charge is 0.340 e. The van der Waals surface area contributed by atoms with E-state index in [0.717, 1.165) is 0 Å². The highest BCUT2D eigenvalue weighted by Gasteiger charge is 2.21. The number of carboxylic acids is 1. The molecule has 27 heavy (non-hydrogen) atoms. The Labute approximate surface area is 158 Å². The molecule has 2 aromatic heterocycles. The molecule has 0 saturated carbocycles. The highest BCUT2D eigenvalue weighted by atomic mass is 32.1. The van der Waals surface area contributed by atoms with Gasteiger partial charge in [0.2, 0.25) is 11.8 Å². The zero-order valence-electron chi connectivity index (χ0n) is 14.6. The fourth-order valence-corrected chi connectivity index (χ4v) is 3.02. The molecule has 0 atom stereocenters. The Morgan fingerprint density at radius 1 is 1.07 bits per heavy atom. The largest absolute Gasteiger partial charge is 0.481 e. The number of methoxy groups -OCH3 is 3. The minimum Gasteiger partial charge on any atom is -0.481 e. The summed E-state index contributed by atoms with van der Waals surface area (Å²) in [5.41, 5.74) is 0.393. The van der Waals surface area contributed by atoms with Gasteiger partial charge in [0.15, 0.2) is 0 Å². The lowest BCUT2D eigenvalue weighted by molar-refractivity contribution is 0.0695. The van der Waals surface area contributed by atoms with E-state index in [1.807, 2.05) is 0 Å². The number of carboxylic acid groups (broad SMARTS) is 1. The van der Waals surface area contributed by atoms with E-state index in [0.29, 0.717) is 15.6 Å². The first kappa shape index (κ1) is 18.4. The topological polar surface area (TPSA) is 113 Å². The van der Waals surface area contributed by atoms with E-state index in [1.54, 1.807) is 18.3 Å². The summed E-state index contributed by atoms with van der Waals surface area (Å²) in [5.74, 6) is -0.653. The van der Waals surface area contributed by atoms with Gasteiger partial charge in [0, 0.05) is 11.8 Å². The van der Waals surface area contributed by atoms with Crippen LogP contribution in [-0.2, 0) is 0 Å². The predicted molar refractivity (Wildman–Crippen MR) is 96.3 cm³/mol. The van der Waals surface area contributed by atoms with Gasteiger partial charge in [0.05, 0.1) is 32.3 Å². The third-order valence-electron chi connectivity index (χ3n) is 3.44. The number of hydrogen-bond acceptors (Lipinski definition) is 9. The number of hydrogen-bond donors (Lipinski definition) is 1. The molecule has 3 aromatic rings. The van der Waals surface area contributed by atoms with Gasteiger partial charge in [0.1, 0.15) is 11.3 Å².